The minimum absolute atomic E-state index is 0.0316. The highest BCUT2D eigenvalue weighted by atomic mass is 16.4. The van der Waals surface area contributed by atoms with E-state index in [1.165, 1.54) is 22.8 Å². The SMILES string of the molecule is O=C=NCCCCCC/N=c1\oc(=O)n(CCCCCCN=C=O)c(=O)n1CCCCCCN=C=O. The van der Waals surface area contributed by atoms with Crippen molar-refractivity contribution in [3.05, 3.63) is 26.7 Å². The molecule has 0 radical (unpaired) electrons. The monoisotopic (exact) mass is 504 g/mol. The Morgan fingerprint density at radius 1 is 0.556 bits per heavy atom. The fourth-order valence-corrected chi connectivity index (χ4v) is 3.59. The van der Waals surface area contributed by atoms with Gasteiger partial charge in [-0.15, -0.1) is 0 Å². The van der Waals surface area contributed by atoms with Crippen LogP contribution in [0, 0.1) is 0 Å². The van der Waals surface area contributed by atoms with Crippen molar-refractivity contribution in [2.45, 2.75) is 90.1 Å². The average Bonchev–Trinajstić information content (AvgIpc) is 2.87. The lowest BCUT2D eigenvalue weighted by molar-refractivity contribution is 0.300. The second-order valence-corrected chi connectivity index (χ2v) is 8.28. The molecular weight excluding hydrogens is 468 g/mol. The van der Waals surface area contributed by atoms with E-state index in [1.807, 2.05) is 0 Å². The maximum absolute atomic E-state index is 13.1. The topological polar surface area (TPSA) is 158 Å². The zero-order valence-corrected chi connectivity index (χ0v) is 20.9. The third-order valence-electron chi connectivity index (χ3n) is 5.51. The van der Waals surface area contributed by atoms with E-state index in [0.29, 0.717) is 45.6 Å². The number of rotatable bonds is 21. The Morgan fingerprint density at radius 2 is 0.972 bits per heavy atom. The highest BCUT2D eigenvalue weighted by Gasteiger charge is 2.11. The van der Waals surface area contributed by atoms with Crippen molar-refractivity contribution in [1.82, 2.24) is 9.13 Å². The summed E-state index contributed by atoms with van der Waals surface area (Å²) < 4.78 is 7.96. The van der Waals surface area contributed by atoms with Crippen molar-refractivity contribution in [2.24, 2.45) is 20.0 Å². The quantitative estimate of drug-likeness (QED) is 0.142. The number of carbonyl (C=O) groups excluding carboxylic acids is 3. The molecule has 12 nitrogen and oxygen atoms in total. The maximum atomic E-state index is 13.1. The molecule has 12 heteroatoms. The molecule has 0 spiro atoms. The number of hydrogen-bond donors (Lipinski definition) is 0. The van der Waals surface area contributed by atoms with Gasteiger partial charge in [-0.2, -0.15) is 0 Å². The number of hydrogen-bond acceptors (Lipinski definition) is 10. The largest absolute Gasteiger partial charge is 0.425 e. The molecule has 0 unspecified atom stereocenters. The summed E-state index contributed by atoms with van der Waals surface area (Å²) >= 11 is 0. The first kappa shape index (κ1) is 30.6. The van der Waals surface area contributed by atoms with Gasteiger partial charge in [0.15, 0.2) is 0 Å². The molecule has 0 aromatic carbocycles. The predicted octanol–water partition coefficient (Wildman–Crippen LogP) is 2.19. The highest BCUT2D eigenvalue weighted by Crippen LogP contribution is 2.03. The van der Waals surface area contributed by atoms with Gasteiger partial charge in [-0.3, -0.25) is 0 Å². The second-order valence-electron chi connectivity index (χ2n) is 8.28. The van der Waals surface area contributed by atoms with Gasteiger partial charge in [-0.25, -0.2) is 53.1 Å². The lowest BCUT2D eigenvalue weighted by atomic mass is 10.2. The van der Waals surface area contributed by atoms with Gasteiger partial charge in [0.2, 0.25) is 18.2 Å². The van der Waals surface area contributed by atoms with Gasteiger partial charge in [0.25, 0.3) is 0 Å². The fourth-order valence-electron chi connectivity index (χ4n) is 3.59. The van der Waals surface area contributed by atoms with Gasteiger partial charge < -0.3 is 4.42 Å². The first-order valence-corrected chi connectivity index (χ1v) is 12.6. The average molecular weight is 505 g/mol. The second kappa shape index (κ2) is 20.9. The third-order valence-corrected chi connectivity index (χ3v) is 5.51. The zero-order valence-electron chi connectivity index (χ0n) is 20.9. The van der Waals surface area contributed by atoms with E-state index in [1.54, 1.807) is 0 Å². The molecule has 36 heavy (non-hydrogen) atoms. The van der Waals surface area contributed by atoms with Gasteiger partial charge in [-0.05, 0) is 38.5 Å². The van der Waals surface area contributed by atoms with Crippen LogP contribution in [0.3, 0.4) is 0 Å². The van der Waals surface area contributed by atoms with E-state index >= 15 is 0 Å². The number of aliphatic imine (C=N–C) groups is 3. The molecule has 0 fully saturated rings. The van der Waals surface area contributed by atoms with Gasteiger partial charge >= 0.3 is 17.1 Å². The summed E-state index contributed by atoms with van der Waals surface area (Å²) in [5, 5.41) is 0. The Hall–Kier alpha value is -3.45. The van der Waals surface area contributed by atoms with Crippen LogP contribution >= 0.6 is 0 Å². The first-order valence-electron chi connectivity index (χ1n) is 12.6. The summed E-state index contributed by atoms with van der Waals surface area (Å²) in [6.07, 6.45) is 14.0. The Labute approximate surface area is 209 Å². The van der Waals surface area contributed by atoms with E-state index in [2.05, 4.69) is 20.0 Å². The van der Waals surface area contributed by atoms with Gasteiger partial charge in [0, 0.05) is 19.6 Å². The smallest absolute Gasteiger partial charge is 0.375 e. The molecule has 1 heterocycles. The number of aromatic nitrogens is 2. The number of isocyanates is 3. The van der Waals surface area contributed by atoms with Crippen LogP contribution in [-0.2, 0) is 27.5 Å². The van der Waals surface area contributed by atoms with Crippen LogP contribution in [0.2, 0.25) is 0 Å². The van der Waals surface area contributed by atoms with Crippen LogP contribution in [0.15, 0.2) is 34.0 Å². The molecule has 0 saturated heterocycles. The Bertz CT molecular complexity index is 1090. The van der Waals surface area contributed by atoms with Gasteiger partial charge in [-0.1, -0.05) is 38.5 Å². The fraction of sp³-hybridized carbons (Fsp3) is 0.750. The van der Waals surface area contributed by atoms with Crippen molar-refractivity contribution in [3.63, 3.8) is 0 Å². The number of unbranched alkanes of at least 4 members (excludes halogenated alkanes) is 9. The summed E-state index contributed by atoms with van der Waals surface area (Å²) in [6, 6.07) is 0. The summed E-state index contributed by atoms with van der Waals surface area (Å²) in [6.45, 7) is 2.35. The van der Waals surface area contributed by atoms with Gasteiger partial charge in [0.1, 0.15) is 0 Å². The van der Waals surface area contributed by atoms with Crippen LogP contribution in [0.5, 0.6) is 0 Å². The molecule has 198 valence electrons. The third kappa shape index (κ3) is 13.4. The molecule has 0 aliphatic carbocycles. The predicted molar refractivity (Wildman–Crippen MR) is 132 cm³/mol. The van der Waals surface area contributed by atoms with Crippen LogP contribution in [0.25, 0.3) is 0 Å². The normalized spacial score (nSPS) is 10.9. The Morgan fingerprint density at radius 3 is 1.44 bits per heavy atom. The van der Waals surface area contributed by atoms with Crippen LogP contribution in [0.4, 0.5) is 0 Å². The van der Waals surface area contributed by atoms with Crippen molar-refractivity contribution in [1.29, 1.82) is 0 Å². The molecule has 1 aromatic heterocycles. The van der Waals surface area contributed by atoms with E-state index in [0.717, 1.165) is 68.8 Å². The molecule has 1 rings (SSSR count). The highest BCUT2D eigenvalue weighted by molar-refractivity contribution is 5.33. The molecule has 1 aromatic rings. The molecular formula is C24H36N6O6. The molecule has 0 atom stereocenters. The molecule has 0 bridgehead atoms. The van der Waals surface area contributed by atoms with Crippen molar-refractivity contribution < 1.29 is 18.8 Å². The summed E-state index contributed by atoms with van der Waals surface area (Å²) in [5.41, 5.74) is -0.406. The molecule has 0 amide bonds. The molecule has 0 aliphatic heterocycles. The van der Waals surface area contributed by atoms with Crippen molar-refractivity contribution in [2.75, 3.05) is 26.2 Å². The lowest BCUT2D eigenvalue weighted by Gasteiger charge is -2.10. The minimum Gasteiger partial charge on any atom is -0.375 e. The maximum Gasteiger partial charge on any atom is 0.425 e. The van der Waals surface area contributed by atoms with Crippen molar-refractivity contribution >= 4 is 18.2 Å². The summed E-state index contributed by atoms with van der Waals surface area (Å²) in [4.78, 5) is 70.9. The molecule has 0 N–H and O–H groups in total. The van der Waals surface area contributed by atoms with E-state index in [9.17, 15) is 24.0 Å². The molecule has 0 saturated carbocycles. The summed E-state index contributed by atoms with van der Waals surface area (Å²) in [7, 11) is 0. The zero-order chi connectivity index (χ0) is 26.3. The molecule has 0 aliphatic rings. The van der Waals surface area contributed by atoms with E-state index in [4.69, 9.17) is 4.42 Å². The Balaban J connectivity index is 2.81. The van der Waals surface area contributed by atoms with Crippen LogP contribution in [0.1, 0.15) is 77.0 Å². The summed E-state index contributed by atoms with van der Waals surface area (Å²) in [5.74, 6) is -0.723. The van der Waals surface area contributed by atoms with Crippen LogP contribution < -0.4 is 17.1 Å². The lowest BCUT2D eigenvalue weighted by Crippen LogP contribution is -2.47. The minimum atomic E-state index is -0.723. The van der Waals surface area contributed by atoms with E-state index < -0.39 is 11.4 Å². The van der Waals surface area contributed by atoms with E-state index in [-0.39, 0.29) is 12.2 Å². The first-order chi connectivity index (χ1) is 17.7. The van der Waals surface area contributed by atoms with Crippen molar-refractivity contribution in [3.8, 4) is 0 Å². The Kier molecular flexibility index (Phi) is 17.7. The standard InChI is InChI=1S/C24H36N6O6/c31-19-25-13-7-1-2-10-16-28-22-29(17-11-5-3-8-14-26-20-32)23(34)30(24(35)36-22)18-12-6-4-9-15-27-21-33/h1-18H2/b28-22-. The van der Waals surface area contributed by atoms with Crippen LogP contribution in [-0.4, -0.2) is 53.6 Å². The van der Waals surface area contributed by atoms with Gasteiger partial charge in [0.05, 0.1) is 19.6 Å². The number of nitrogens with zero attached hydrogens (tertiary/aromatic N) is 6.